The minimum Gasteiger partial charge on any atom is -0.393 e. The third-order valence-corrected chi connectivity index (χ3v) is 11.3. The van der Waals surface area contributed by atoms with Crippen LogP contribution in [0.3, 0.4) is 0 Å². The molecule has 182 valence electrons. The molecule has 0 bridgehead atoms. The standard InChI is InChI=1S/C29H48O3/c1-7-20(18(2)3)9-8-19(4)23-10-11-24-22-16-26(31)29(32)17-21(30)12-15-28(29,6)25(22)13-14-27(23,24)5/h16,18-21,23-25,30,32H,7-15,17H2,1-6H3/t19-,20?,21+,23-,24+,25+,27-,28-,29+/m1/s1. The lowest BCUT2D eigenvalue weighted by molar-refractivity contribution is -0.180. The summed E-state index contributed by atoms with van der Waals surface area (Å²) in [4.78, 5) is 13.3. The number of rotatable bonds is 6. The van der Waals surface area contributed by atoms with Crippen molar-refractivity contribution in [3.63, 3.8) is 0 Å². The third kappa shape index (κ3) is 3.56. The van der Waals surface area contributed by atoms with E-state index < -0.39 is 17.1 Å². The van der Waals surface area contributed by atoms with Gasteiger partial charge >= 0.3 is 0 Å². The van der Waals surface area contributed by atoms with Crippen molar-refractivity contribution >= 4 is 5.78 Å². The summed E-state index contributed by atoms with van der Waals surface area (Å²) in [6, 6.07) is 0. The third-order valence-electron chi connectivity index (χ3n) is 11.3. The molecule has 0 aromatic carbocycles. The Hall–Kier alpha value is -0.670. The lowest BCUT2D eigenvalue weighted by Gasteiger charge is -2.60. The Kier molecular flexibility index (Phi) is 6.51. The largest absolute Gasteiger partial charge is 0.393 e. The van der Waals surface area contributed by atoms with E-state index in [1.54, 1.807) is 0 Å². The van der Waals surface area contributed by atoms with Gasteiger partial charge in [-0.3, -0.25) is 4.79 Å². The second-order valence-electron chi connectivity index (χ2n) is 13.0. The molecule has 0 aromatic heterocycles. The lowest BCUT2D eigenvalue weighted by atomic mass is 9.46. The van der Waals surface area contributed by atoms with E-state index in [0.717, 1.165) is 36.5 Å². The summed E-state index contributed by atoms with van der Waals surface area (Å²) in [5.41, 5.74) is -0.175. The molecule has 0 amide bonds. The molecule has 3 nitrogen and oxygen atoms in total. The van der Waals surface area contributed by atoms with Crippen molar-refractivity contribution in [2.45, 2.75) is 117 Å². The van der Waals surface area contributed by atoms with Gasteiger partial charge in [-0.1, -0.05) is 60.0 Å². The minimum atomic E-state index is -1.39. The maximum absolute atomic E-state index is 13.3. The quantitative estimate of drug-likeness (QED) is 0.504. The average molecular weight is 445 g/mol. The molecule has 0 heterocycles. The number of hydrogen-bond acceptors (Lipinski definition) is 3. The van der Waals surface area contributed by atoms with Gasteiger partial charge in [0.2, 0.25) is 0 Å². The van der Waals surface area contributed by atoms with Gasteiger partial charge in [-0.15, -0.1) is 0 Å². The molecule has 0 radical (unpaired) electrons. The highest BCUT2D eigenvalue weighted by molar-refractivity contribution is 5.99. The molecule has 3 heteroatoms. The van der Waals surface area contributed by atoms with E-state index in [9.17, 15) is 15.0 Å². The van der Waals surface area contributed by atoms with Crippen LogP contribution in [0.2, 0.25) is 0 Å². The summed E-state index contributed by atoms with van der Waals surface area (Å²) >= 11 is 0. The zero-order valence-corrected chi connectivity index (χ0v) is 21.5. The first-order valence-electron chi connectivity index (χ1n) is 13.6. The number of allylic oxidation sites excluding steroid dienone is 1. The van der Waals surface area contributed by atoms with Crippen molar-refractivity contribution in [1.82, 2.24) is 0 Å². The Balaban J connectivity index is 1.56. The van der Waals surface area contributed by atoms with Crippen LogP contribution in [0, 0.1) is 46.3 Å². The molecule has 0 aromatic rings. The predicted molar refractivity (Wildman–Crippen MR) is 130 cm³/mol. The summed E-state index contributed by atoms with van der Waals surface area (Å²) in [5, 5.41) is 21.7. The Bertz CT molecular complexity index is 756. The topological polar surface area (TPSA) is 57.5 Å². The Morgan fingerprint density at radius 1 is 1.03 bits per heavy atom. The second kappa shape index (κ2) is 8.52. The van der Waals surface area contributed by atoms with E-state index in [1.165, 1.54) is 44.1 Å². The van der Waals surface area contributed by atoms with Crippen LogP contribution in [-0.2, 0) is 4.79 Å². The highest BCUT2D eigenvalue weighted by Crippen LogP contribution is 2.67. The molecule has 3 fully saturated rings. The summed E-state index contributed by atoms with van der Waals surface area (Å²) in [6.45, 7) is 14.2. The fourth-order valence-corrected chi connectivity index (χ4v) is 9.01. The van der Waals surface area contributed by atoms with Crippen LogP contribution in [0.15, 0.2) is 11.6 Å². The summed E-state index contributed by atoms with van der Waals surface area (Å²) in [7, 11) is 0. The van der Waals surface area contributed by atoms with Crippen molar-refractivity contribution in [3.8, 4) is 0 Å². The SMILES string of the molecule is CCC(CC[C@@H](C)[C@H]1CC[C@H]2C3=CC(=O)[C@@]4(O)C[C@@H](O)CC[C@]4(C)[C@H]3CC[C@]12C)C(C)C. The van der Waals surface area contributed by atoms with Gasteiger partial charge in [0, 0.05) is 11.8 Å². The maximum Gasteiger partial charge on any atom is 0.187 e. The van der Waals surface area contributed by atoms with Gasteiger partial charge in [0.05, 0.1) is 6.10 Å². The molecular formula is C29H48O3. The summed E-state index contributed by atoms with van der Waals surface area (Å²) in [5.74, 6) is 3.70. The molecule has 3 saturated carbocycles. The van der Waals surface area contributed by atoms with Gasteiger partial charge in [0.25, 0.3) is 0 Å². The highest BCUT2D eigenvalue weighted by Gasteiger charge is 2.65. The van der Waals surface area contributed by atoms with Gasteiger partial charge in [-0.05, 0) is 91.9 Å². The van der Waals surface area contributed by atoms with Gasteiger partial charge in [0.1, 0.15) is 5.60 Å². The zero-order valence-electron chi connectivity index (χ0n) is 21.5. The van der Waals surface area contributed by atoms with Crippen LogP contribution in [0.1, 0.15) is 106 Å². The maximum atomic E-state index is 13.3. The fourth-order valence-electron chi connectivity index (χ4n) is 9.01. The monoisotopic (exact) mass is 444 g/mol. The van der Waals surface area contributed by atoms with Gasteiger partial charge in [0.15, 0.2) is 5.78 Å². The van der Waals surface area contributed by atoms with E-state index in [4.69, 9.17) is 0 Å². The van der Waals surface area contributed by atoms with E-state index in [0.29, 0.717) is 12.3 Å². The lowest BCUT2D eigenvalue weighted by Crippen LogP contribution is -2.64. The van der Waals surface area contributed by atoms with Crippen molar-refractivity contribution in [3.05, 3.63) is 11.6 Å². The Morgan fingerprint density at radius 3 is 2.41 bits per heavy atom. The van der Waals surface area contributed by atoms with Crippen LogP contribution in [0.25, 0.3) is 0 Å². The number of ketones is 1. The summed E-state index contributed by atoms with van der Waals surface area (Å²) in [6.07, 6.45) is 11.6. The van der Waals surface area contributed by atoms with Crippen LogP contribution in [-0.4, -0.2) is 27.7 Å². The van der Waals surface area contributed by atoms with E-state index >= 15 is 0 Å². The molecule has 0 spiro atoms. The molecule has 2 N–H and O–H groups in total. The first-order chi connectivity index (χ1) is 15.0. The molecule has 4 aliphatic rings. The number of aliphatic hydroxyl groups excluding tert-OH is 1. The van der Waals surface area contributed by atoms with Crippen LogP contribution in [0.5, 0.6) is 0 Å². The Labute approximate surface area is 196 Å². The summed E-state index contributed by atoms with van der Waals surface area (Å²) < 4.78 is 0. The van der Waals surface area contributed by atoms with Crippen LogP contribution in [0.4, 0.5) is 0 Å². The molecule has 4 rings (SSSR count). The van der Waals surface area contributed by atoms with E-state index in [2.05, 4.69) is 41.5 Å². The van der Waals surface area contributed by atoms with Gasteiger partial charge in [-0.25, -0.2) is 0 Å². The average Bonchev–Trinajstić information content (AvgIpc) is 3.08. The van der Waals surface area contributed by atoms with E-state index in [-0.39, 0.29) is 23.5 Å². The normalized spacial score (nSPS) is 45.7. The minimum absolute atomic E-state index is 0.131. The molecular weight excluding hydrogens is 396 g/mol. The van der Waals surface area contributed by atoms with Crippen LogP contribution < -0.4 is 0 Å². The van der Waals surface area contributed by atoms with Gasteiger partial charge in [-0.2, -0.15) is 0 Å². The van der Waals surface area contributed by atoms with Crippen LogP contribution >= 0.6 is 0 Å². The molecule has 1 unspecified atom stereocenters. The highest BCUT2D eigenvalue weighted by atomic mass is 16.3. The zero-order chi connectivity index (χ0) is 23.5. The predicted octanol–water partition coefficient (Wildman–Crippen LogP) is 6.32. The van der Waals surface area contributed by atoms with Gasteiger partial charge < -0.3 is 10.2 Å². The van der Waals surface area contributed by atoms with Crippen molar-refractivity contribution < 1.29 is 15.0 Å². The first kappa shape index (κ1) is 24.5. The Morgan fingerprint density at radius 2 is 1.75 bits per heavy atom. The smallest absolute Gasteiger partial charge is 0.187 e. The number of carbonyl (C=O) groups excluding carboxylic acids is 1. The number of carbonyl (C=O) groups is 1. The van der Waals surface area contributed by atoms with E-state index in [1.807, 2.05) is 6.08 Å². The van der Waals surface area contributed by atoms with Crippen molar-refractivity contribution in [2.75, 3.05) is 0 Å². The first-order valence-corrected chi connectivity index (χ1v) is 13.6. The molecule has 0 aliphatic heterocycles. The number of fused-ring (bicyclic) bond motifs is 5. The number of hydrogen-bond donors (Lipinski definition) is 2. The second-order valence-corrected chi connectivity index (χ2v) is 13.0. The molecule has 32 heavy (non-hydrogen) atoms. The molecule has 0 saturated heterocycles. The molecule has 4 aliphatic carbocycles. The fraction of sp³-hybridized carbons (Fsp3) is 0.897. The number of aliphatic hydroxyl groups is 2. The van der Waals surface area contributed by atoms with Crippen molar-refractivity contribution in [2.24, 2.45) is 46.3 Å². The van der Waals surface area contributed by atoms with Crippen molar-refractivity contribution in [1.29, 1.82) is 0 Å². The molecule has 9 atom stereocenters.